The maximum atomic E-state index is 11.7. The third-order valence-corrected chi connectivity index (χ3v) is 3.89. The normalized spacial score (nSPS) is 11.2. The molecule has 0 atom stereocenters. The average molecular weight is 369 g/mol. The Balaban J connectivity index is 1.95. The largest absolute Gasteiger partial charge is 0.444 e. The fraction of sp³-hybridized carbons (Fsp3) is 0.333. The zero-order chi connectivity index (χ0) is 15.5. The minimum absolute atomic E-state index is 0.480. The smallest absolute Gasteiger partial charge is 0.413 e. The molecule has 2 aromatic rings. The van der Waals surface area contributed by atoms with E-state index in [0.29, 0.717) is 5.13 Å². The second kappa shape index (κ2) is 6.58. The van der Waals surface area contributed by atoms with Crippen LogP contribution in [-0.4, -0.2) is 16.7 Å². The predicted octanol–water partition coefficient (Wildman–Crippen LogP) is 4.84. The maximum absolute atomic E-state index is 11.7. The molecule has 1 aromatic heterocycles. The Bertz CT molecular complexity index is 617. The van der Waals surface area contributed by atoms with Gasteiger partial charge >= 0.3 is 6.09 Å². The number of hydrogen-bond acceptors (Lipinski definition) is 4. The van der Waals surface area contributed by atoms with Crippen LogP contribution in [0.15, 0.2) is 34.9 Å². The molecule has 0 bridgehead atoms. The van der Waals surface area contributed by atoms with Crippen LogP contribution in [0.25, 0.3) is 0 Å². The fourth-order valence-corrected chi connectivity index (χ4v) is 2.74. The molecule has 1 heterocycles. The molecule has 0 saturated heterocycles. The second-order valence-corrected chi connectivity index (χ2v) is 7.59. The average Bonchev–Trinajstić information content (AvgIpc) is 2.77. The molecule has 0 radical (unpaired) electrons. The molecule has 0 saturated carbocycles. The standard InChI is InChI=1S/C15H17BrN2O2S/c1-15(2,3)20-14(19)18-13-17-9-12(21-13)8-10-4-6-11(16)7-5-10/h4-7,9H,8H2,1-3H3,(H,17,18,19). The highest BCUT2D eigenvalue weighted by Crippen LogP contribution is 2.22. The first kappa shape index (κ1) is 16.0. The molecule has 0 aliphatic heterocycles. The number of nitrogens with one attached hydrogen (secondary N) is 1. The summed E-state index contributed by atoms with van der Waals surface area (Å²) in [5.74, 6) is 0. The lowest BCUT2D eigenvalue weighted by Crippen LogP contribution is -2.27. The molecule has 4 nitrogen and oxygen atoms in total. The molecule has 0 aliphatic carbocycles. The number of carbonyl (C=O) groups is 1. The quantitative estimate of drug-likeness (QED) is 0.842. The summed E-state index contributed by atoms with van der Waals surface area (Å²) in [4.78, 5) is 16.9. The number of nitrogens with zero attached hydrogens (tertiary/aromatic N) is 1. The van der Waals surface area contributed by atoms with Crippen molar-refractivity contribution in [3.8, 4) is 0 Å². The van der Waals surface area contributed by atoms with E-state index in [9.17, 15) is 4.79 Å². The molecule has 1 amide bonds. The number of anilines is 1. The first-order valence-corrected chi connectivity index (χ1v) is 8.12. The lowest BCUT2D eigenvalue weighted by atomic mass is 10.1. The topological polar surface area (TPSA) is 51.2 Å². The summed E-state index contributed by atoms with van der Waals surface area (Å²) in [5, 5.41) is 3.20. The van der Waals surface area contributed by atoms with E-state index in [1.807, 2.05) is 32.9 Å². The van der Waals surface area contributed by atoms with Crippen molar-refractivity contribution in [3.63, 3.8) is 0 Å². The molecule has 6 heteroatoms. The molecule has 0 fully saturated rings. The summed E-state index contributed by atoms with van der Waals surface area (Å²) < 4.78 is 6.25. The number of rotatable bonds is 3. The molecular formula is C15H17BrN2O2S. The van der Waals surface area contributed by atoms with Crippen LogP contribution in [0.2, 0.25) is 0 Å². The second-order valence-electron chi connectivity index (χ2n) is 5.56. The summed E-state index contributed by atoms with van der Waals surface area (Å²) in [6.45, 7) is 5.48. The van der Waals surface area contributed by atoms with Gasteiger partial charge in [-0.1, -0.05) is 28.1 Å². The van der Waals surface area contributed by atoms with E-state index in [-0.39, 0.29) is 0 Å². The summed E-state index contributed by atoms with van der Waals surface area (Å²) in [5.41, 5.74) is 0.687. The van der Waals surface area contributed by atoms with Crippen LogP contribution in [0.4, 0.5) is 9.93 Å². The van der Waals surface area contributed by atoms with Crippen molar-refractivity contribution in [2.45, 2.75) is 32.8 Å². The third-order valence-electron chi connectivity index (χ3n) is 2.45. The van der Waals surface area contributed by atoms with Gasteiger partial charge in [0.1, 0.15) is 5.60 Å². The van der Waals surface area contributed by atoms with Gasteiger partial charge in [0.25, 0.3) is 0 Å². The number of benzene rings is 1. The molecule has 0 aliphatic rings. The number of amides is 1. The van der Waals surface area contributed by atoms with E-state index in [4.69, 9.17) is 4.74 Å². The first-order chi connectivity index (χ1) is 9.82. The van der Waals surface area contributed by atoms with Crippen molar-refractivity contribution in [2.24, 2.45) is 0 Å². The number of hydrogen-bond donors (Lipinski definition) is 1. The third kappa shape index (κ3) is 5.47. The van der Waals surface area contributed by atoms with Crippen molar-refractivity contribution in [3.05, 3.63) is 45.4 Å². The summed E-state index contributed by atoms with van der Waals surface area (Å²) in [7, 11) is 0. The minimum Gasteiger partial charge on any atom is -0.444 e. The van der Waals surface area contributed by atoms with Gasteiger partial charge in [-0.15, -0.1) is 11.3 Å². The predicted molar refractivity (Wildman–Crippen MR) is 88.9 cm³/mol. The van der Waals surface area contributed by atoms with Gasteiger partial charge < -0.3 is 4.74 Å². The Morgan fingerprint density at radius 3 is 2.62 bits per heavy atom. The molecule has 0 spiro atoms. The molecule has 2 rings (SSSR count). The van der Waals surface area contributed by atoms with Crippen molar-refractivity contribution < 1.29 is 9.53 Å². The SMILES string of the molecule is CC(C)(C)OC(=O)Nc1ncc(Cc2ccc(Br)cc2)s1. The number of thiazole rings is 1. The van der Waals surface area contributed by atoms with Crippen LogP contribution >= 0.6 is 27.3 Å². The highest BCUT2D eigenvalue weighted by molar-refractivity contribution is 9.10. The Morgan fingerprint density at radius 1 is 1.33 bits per heavy atom. The zero-order valence-electron chi connectivity index (χ0n) is 12.1. The van der Waals surface area contributed by atoms with E-state index < -0.39 is 11.7 Å². The zero-order valence-corrected chi connectivity index (χ0v) is 14.5. The van der Waals surface area contributed by atoms with Crippen molar-refractivity contribution in [2.75, 3.05) is 5.32 Å². The minimum atomic E-state index is -0.512. The van der Waals surface area contributed by atoms with Gasteiger partial charge in [-0.05, 0) is 38.5 Å². The monoisotopic (exact) mass is 368 g/mol. The van der Waals surface area contributed by atoms with E-state index in [2.05, 4.69) is 38.4 Å². The highest BCUT2D eigenvalue weighted by atomic mass is 79.9. The Labute approximate surface area is 136 Å². The molecule has 112 valence electrons. The van der Waals surface area contributed by atoms with Crippen LogP contribution in [-0.2, 0) is 11.2 Å². The van der Waals surface area contributed by atoms with Gasteiger partial charge in [-0.2, -0.15) is 0 Å². The van der Waals surface area contributed by atoms with Gasteiger partial charge in [0.15, 0.2) is 5.13 Å². The number of ether oxygens (including phenoxy) is 1. The lowest BCUT2D eigenvalue weighted by molar-refractivity contribution is 0.0636. The van der Waals surface area contributed by atoms with E-state index in [1.165, 1.54) is 16.9 Å². The van der Waals surface area contributed by atoms with Gasteiger partial charge in [-0.25, -0.2) is 9.78 Å². The number of carbonyl (C=O) groups excluding carboxylic acids is 1. The van der Waals surface area contributed by atoms with Crippen LogP contribution in [0.5, 0.6) is 0 Å². The molecular weight excluding hydrogens is 352 g/mol. The molecule has 21 heavy (non-hydrogen) atoms. The summed E-state index contributed by atoms with van der Waals surface area (Å²) in [6.07, 6.45) is 2.09. The number of halogens is 1. The van der Waals surface area contributed by atoms with Crippen molar-refractivity contribution in [1.82, 2.24) is 4.98 Å². The van der Waals surface area contributed by atoms with Gasteiger partial charge in [-0.3, -0.25) is 5.32 Å². The molecule has 1 aromatic carbocycles. The Morgan fingerprint density at radius 2 is 2.00 bits per heavy atom. The summed E-state index contributed by atoms with van der Waals surface area (Å²) >= 11 is 4.87. The van der Waals surface area contributed by atoms with Gasteiger partial charge in [0.05, 0.1) is 0 Å². The van der Waals surface area contributed by atoms with Crippen LogP contribution in [0.3, 0.4) is 0 Å². The Kier molecular flexibility index (Phi) is 5.00. The Hall–Kier alpha value is -1.40. The van der Waals surface area contributed by atoms with Gasteiger partial charge in [0.2, 0.25) is 0 Å². The van der Waals surface area contributed by atoms with Crippen molar-refractivity contribution in [1.29, 1.82) is 0 Å². The highest BCUT2D eigenvalue weighted by Gasteiger charge is 2.17. The fourth-order valence-electron chi connectivity index (χ4n) is 1.64. The number of aromatic nitrogens is 1. The molecule has 0 unspecified atom stereocenters. The summed E-state index contributed by atoms with van der Waals surface area (Å²) in [6, 6.07) is 8.14. The van der Waals surface area contributed by atoms with E-state index >= 15 is 0 Å². The van der Waals surface area contributed by atoms with Crippen LogP contribution in [0, 0.1) is 0 Å². The first-order valence-electron chi connectivity index (χ1n) is 6.51. The van der Waals surface area contributed by atoms with Gasteiger partial charge in [0, 0.05) is 22.0 Å². The van der Waals surface area contributed by atoms with Crippen LogP contribution < -0.4 is 5.32 Å². The van der Waals surface area contributed by atoms with Crippen LogP contribution in [0.1, 0.15) is 31.2 Å². The van der Waals surface area contributed by atoms with E-state index in [0.717, 1.165) is 15.8 Å². The van der Waals surface area contributed by atoms with E-state index in [1.54, 1.807) is 6.20 Å². The molecule has 1 N–H and O–H groups in total. The lowest BCUT2D eigenvalue weighted by Gasteiger charge is -2.18. The maximum Gasteiger partial charge on any atom is 0.413 e. The van der Waals surface area contributed by atoms with Crippen molar-refractivity contribution >= 4 is 38.5 Å².